The average molecular weight is 299 g/mol. The second kappa shape index (κ2) is 6.98. The zero-order valence-electron chi connectivity index (χ0n) is 11.5. The average Bonchev–Trinajstić information content (AvgIpc) is 2.53. The number of oxime groups is 1. The molecule has 2 aromatic carbocycles. The van der Waals surface area contributed by atoms with E-state index in [0.717, 1.165) is 5.56 Å². The van der Waals surface area contributed by atoms with E-state index in [1.807, 2.05) is 18.2 Å². The summed E-state index contributed by atoms with van der Waals surface area (Å²) >= 11 is 0. The predicted octanol–water partition coefficient (Wildman–Crippen LogP) is 2.00. The van der Waals surface area contributed by atoms with E-state index in [1.54, 1.807) is 12.1 Å². The van der Waals surface area contributed by atoms with Gasteiger partial charge in [-0.3, -0.25) is 10.1 Å². The Bertz CT molecular complexity index is 714. The molecule has 2 rings (SSSR count). The molecule has 0 bridgehead atoms. The maximum Gasteiger partial charge on any atom is 0.339 e. The highest BCUT2D eigenvalue weighted by Gasteiger charge is 2.09. The normalized spacial score (nSPS) is 11.0. The Hall–Kier alpha value is -3.22. The number of hydrogen-bond donors (Lipinski definition) is 1. The molecular weight excluding hydrogens is 286 g/mol. The third-order valence-electron chi connectivity index (χ3n) is 2.79. The van der Waals surface area contributed by atoms with Gasteiger partial charge in [0.15, 0.2) is 5.84 Å². The first-order valence-electron chi connectivity index (χ1n) is 6.38. The third-order valence-corrected chi connectivity index (χ3v) is 2.79. The molecule has 0 aromatic heterocycles. The molecule has 0 amide bonds. The molecule has 0 atom stereocenters. The number of nitrogens with two attached hydrogens (primary N) is 1. The Balaban J connectivity index is 2.02. The number of carbonyl (C=O) groups is 1. The van der Waals surface area contributed by atoms with Gasteiger partial charge in [-0.15, -0.1) is 0 Å². The topological polar surface area (TPSA) is 108 Å². The fourth-order valence-corrected chi connectivity index (χ4v) is 1.73. The maximum atomic E-state index is 11.6. The van der Waals surface area contributed by atoms with Crippen molar-refractivity contribution in [2.45, 2.75) is 6.42 Å². The maximum absolute atomic E-state index is 11.6. The second-order valence-corrected chi connectivity index (χ2v) is 4.41. The summed E-state index contributed by atoms with van der Waals surface area (Å²) in [6, 6.07) is 14.6. The summed E-state index contributed by atoms with van der Waals surface area (Å²) in [4.78, 5) is 26.5. The Morgan fingerprint density at radius 1 is 1.18 bits per heavy atom. The van der Waals surface area contributed by atoms with Crippen molar-refractivity contribution in [3.05, 3.63) is 75.8 Å². The fraction of sp³-hybridized carbons (Fsp3) is 0.0667. The first kappa shape index (κ1) is 15.2. The monoisotopic (exact) mass is 299 g/mol. The van der Waals surface area contributed by atoms with Gasteiger partial charge < -0.3 is 10.6 Å². The summed E-state index contributed by atoms with van der Waals surface area (Å²) in [5.41, 5.74) is 6.63. The lowest BCUT2D eigenvalue weighted by Crippen LogP contribution is -2.16. The molecular formula is C15H13N3O4. The number of nitro groups is 1. The van der Waals surface area contributed by atoms with Crippen molar-refractivity contribution < 1.29 is 14.6 Å². The van der Waals surface area contributed by atoms with E-state index in [2.05, 4.69) is 5.16 Å². The summed E-state index contributed by atoms with van der Waals surface area (Å²) in [5.74, 6) is -0.676. The second-order valence-electron chi connectivity index (χ2n) is 4.41. The lowest BCUT2D eigenvalue weighted by molar-refractivity contribution is -0.384. The number of non-ortho nitro benzene ring substituents is 1. The molecule has 0 saturated carbocycles. The van der Waals surface area contributed by atoms with Gasteiger partial charge in [-0.05, 0) is 5.56 Å². The fourth-order valence-electron chi connectivity index (χ4n) is 1.73. The Morgan fingerprint density at radius 3 is 2.59 bits per heavy atom. The van der Waals surface area contributed by atoms with Crippen molar-refractivity contribution in [2.75, 3.05) is 0 Å². The van der Waals surface area contributed by atoms with Crippen molar-refractivity contribution in [1.29, 1.82) is 0 Å². The first-order chi connectivity index (χ1) is 10.6. The summed E-state index contributed by atoms with van der Waals surface area (Å²) in [5, 5.41) is 14.2. The molecule has 0 radical (unpaired) electrons. The van der Waals surface area contributed by atoms with Crippen LogP contribution in [0.15, 0.2) is 59.8 Å². The Labute approximate surface area is 126 Å². The lowest BCUT2D eigenvalue weighted by atomic mass is 10.2. The zero-order chi connectivity index (χ0) is 15.9. The van der Waals surface area contributed by atoms with E-state index >= 15 is 0 Å². The molecule has 0 saturated heterocycles. The van der Waals surface area contributed by atoms with Gasteiger partial charge in [0.1, 0.15) is 0 Å². The van der Waals surface area contributed by atoms with E-state index in [0.29, 0.717) is 5.56 Å². The third kappa shape index (κ3) is 4.14. The van der Waals surface area contributed by atoms with Crippen LogP contribution < -0.4 is 5.73 Å². The predicted molar refractivity (Wildman–Crippen MR) is 80.1 cm³/mol. The zero-order valence-corrected chi connectivity index (χ0v) is 11.5. The molecule has 0 aliphatic carbocycles. The molecule has 0 aliphatic rings. The molecule has 0 fully saturated rings. The molecule has 112 valence electrons. The number of nitrogens with zero attached hydrogens (tertiary/aromatic N) is 2. The number of carbonyl (C=O) groups excluding carboxylic acids is 1. The molecule has 22 heavy (non-hydrogen) atoms. The Kier molecular flexibility index (Phi) is 4.81. The van der Waals surface area contributed by atoms with Gasteiger partial charge >= 0.3 is 5.97 Å². The van der Waals surface area contributed by atoms with Crippen LogP contribution in [0.5, 0.6) is 0 Å². The minimum atomic E-state index is -0.570. The van der Waals surface area contributed by atoms with Crippen molar-refractivity contribution in [3.8, 4) is 0 Å². The van der Waals surface area contributed by atoms with Crippen molar-refractivity contribution >= 4 is 17.5 Å². The largest absolute Gasteiger partial charge is 0.380 e. The van der Waals surface area contributed by atoms with Crippen LogP contribution in [-0.2, 0) is 16.1 Å². The van der Waals surface area contributed by atoms with Gasteiger partial charge in [0.05, 0.1) is 11.3 Å². The van der Waals surface area contributed by atoms with E-state index in [4.69, 9.17) is 10.6 Å². The van der Waals surface area contributed by atoms with E-state index < -0.39 is 10.9 Å². The summed E-state index contributed by atoms with van der Waals surface area (Å²) in [7, 11) is 0. The molecule has 0 aliphatic heterocycles. The van der Waals surface area contributed by atoms with E-state index in [1.165, 1.54) is 24.3 Å². The molecule has 0 heterocycles. The molecule has 0 spiro atoms. The quantitative estimate of drug-likeness (QED) is 0.299. The van der Waals surface area contributed by atoms with Crippen molar-refractivity contribution in [3.63, 3.8) is 0 Å². The van der Waals surface area contributed by atoms with Gasteiger partial charge in [0.25, 0.3) is 5.69 Å². The molecule has 7 nitrogen and oxygen atoms in total. The van der Waals surface area contributed by atoms with Crippen LogP contribution >= 0.6 is 0 Å². The number of benzene rings is 2. The van der Waals surface area contributed by atoms with Crippen molar-refractivity contribution in [2.24, 2.45) is 10.9 Å². The van der Waals surface area contributed by atoms with Crippen LogP contribution in [0.25, 0.3) is 0 Å². The number of amidine groups is 1. The Morgan fingerprint density at radius 2 is 1.91 bits per heavy atom. The minimum absolute atomic E-state index is 0.0621. The summed E-state index contributed by atoms with van der Waals surface area (Å²) in [6.45, 7) is 0. The number of rotatable bonds is 5. The lowest BCUT2D eigenvalue weighted by Gasteiger charge is -2.01. The molecule has 2 N–H and O–H groups in total. The minimum Gasteiger partial charge on any atom is -0.380 e. The van der Waals surface area contributed by atoms with Crippen LogP contribution in [0.2, 0.25) is 0 Å². The smallest absolute Gasteiger partial charge is 0.339 e. The summed E-state index contributed by atoms with van der Waals surface area (Å²) in [6.07, 6.45) is 0.0621. The van der Waals surface area contributed by atoms with Crippen LogP contribution in [0, 0.1) is 10.1 Å². The van der Waals surface area contributed by atoms with E-state index in [9.17, 15) is 14.9 Å². The van der Waals surface area contributed by atoms with E-state index in [-0.39, 0.29) is 17.9 Å². The number of nitro benzene ring substituents is 1. The van der Waals surface area contributed by atoms with Crippen LogP contribution in [0.3, 0.4) is 0 Å². The first-order valence-corrected chi connectivity index (χ1v) is 6.38. The standard InChI is InChI=1S/C15H13N3O4/c16-15(12-7-4-8-13(10-12)18(20)21)17-22-14(19)9-11-5-2-1-3-6-11/h1-8,10H,9H2,(H2,16,17). The van der Waals surface area contributed by atoms with Crippen LogP contribution in [-0.4, -0.2) is 16.7 Å². The molecule has 0 unspecified atom stereocenters. The molecule has 7 heteroatoms. The highest BCUT2D eigenvalue weighted by molar-refractivity contribution is 5.97. The van der Waals surface area contributed by atoms with Gasteiger partial charge in [-0.1, -0.05) is 47.6 Å². The highest BCUT2D eigenvalue weighted by atomic mass is 16.7. The van der Waals surface area contributed by atoms with Crippen LogP contribution in [0.1, 0.15) is 11.1 Å². The van der Waals surface area contributed by atoms with Gasteiger partial charge in [0.2, 0.25) is 0 Å². The summed E-state index contributed by atoms with van der Waals surface area (Å²) < 4.78 is 0. The SMILES string of the molecule is N/C(=N/OC(=O)Cc1ccccc1)c1cccc([N+](=O)[O-])c1. The van der Waals surface area contributed by atoms with Gasteiger partial charge in [-0.25, -0.2) is 4.79 Å². The van der Waals surface area contributed by atoms with Gasteiger partial charge in [0, 0.05) is 17.7 Å². The molecule has 2 aromatic rings. The highest BCUT2D eigenvalue weighted by Crippen LogP contribution is 2.13. The van der Waals surface area contributed by atoms with Crippen LogP contribution in [0.4, 0.5) is 5.69 Å². The number of hydrogen-bond acceptors (Lipinski definition) is 5. The van der Waals surface area contributed by atoms with Gasteiger partial charge in [-0.2, -0.15) is 0 Å². The van der Waals surface area contributed by atoms with Crippen molar-refractivity contribution in [1.82, 2.24) is 0 Å².